The molecule has 2 aromatic heterocycles. The van der Waals surface area contributed by atoms with E-state index in [1.807, 2.05) is 24.3 Å². The van der Waals surface area contributed by atoms with Crippen molar-refractivity contribution in [2.45, 2.75) is 25.3 Å². The minimum Gasteiger partial charge on any atom is -0.508 e. The van der Waals surface area contributed by atoms with E-state index in [0.29, 0.717) is 5.76 Å². The Morgan fingerprint density at radius 2 is 2.00 bits per heavy atom. The molecule has 33 heavy (non-hydrogen) atoms. The molecule has 3 heterocycles. The molecule has 1 aliphatic heterocycles. The lowest BCUT2D eigenvalue weighted by molar-refractivity contribution is -0.137. The maximum Gasteiger partial charge on any atom is 0.338 e. The molecular formula is C25H22N2O6. The molecule has 0 bridgehead atoms. The predicted octanol–water partition coefficient (Wildman–Crippen LogP) is 4.56. The lowest BCUT2D eigenvalue weighted by atomic mass is 9.79. The van der Waals surface area contributed by atoms with Crippen molar-refractivity contribution >= 4 is 23.7 Å². The van der Waals surface area contributed by atoms with Crippen LogP contribution in [0.1, 0.15) is 47.2 Å². The number of carbonyl (C=O) groups excluding carboxylic acids is 2. The van der Waals surface area contributed by atoms with Crippen molar-refractivity contribution in [2.75, 3.05) is 6.61 Å². The summed E-state index contributed by atoms with van der Waals surface area (Å²) >= 11 is 0. The van der Waals surface area contributed by atoms with Crippen molar-refractivity contribution in [2.24, 2.45) is 11.0 Å². The molecule has 2 aliphatic rings. The Morgan fingerprint density at radius 3 is 2.76 bits per heavy atom. The van der Waals surface area contributed by atoms with E-state index in [2.05, 4.69) is 5.10 Å². The number of hydrogen-bond donors (Lipinski definition) is 1. The molecule has 8 heteroatoms. The van der Waals surface area contributed by atoms with E-state index in [1.165, 1.54) is 29.3 Å². The van der Waals surface area contributed by atoms with Gasteiger partial charge in [-0.25, -0.2) is 9.80 Å². The molecule has 0 spiro atoms. The minimum absolute atomic E-state index is 0.0307. The Labute approximate surface area is 189 Å². The van der Waals surface area contributed by atoms with Gasteiger partial charge < -0.3 is 18.7 Å². The van der Waals surface area contributed by atoms with Crippen LogP contribution in [0, 0.1) is 5.92 Å². The zero-order chi connectivity index (χ0) is 22.8. The number of ether oxygens (including phenoxy) is 1. The van der Waals surface area contributed by atoms with Crippen LogP contribution in [0.15, 0.2) is 80.6 Å². The van der Waals surface area contributed by atoms with E-state index in [9.17, 15) is 14.7 Å². The second-order valence-corrected chi connectivity index (χ2v) is 7.99. The molecule has 168 valence electrons. The summed E-state index contributed by atoms with van der Waals surface area (Å²) < 4.78 is 16.3. The van der Waals surface area contributed by atoms with Gasteiger partial charge in [0.15, 0.2) is 6.61 Å². The third-order valence-electron chi connectivity index (χ3n) is 5.86. The SMILES string of the molecule is O=C(OCC(=O)N1N=C2/C(=C/c3ccco3)CCCC2C1c1ccco1)c1cccc(O)c1. The zero-order valence-corrected chi connectivity index (χ0v) is 17.7. The van der Waals surface area contributed by atoms with Crippen LogP contribution < -0.4 is 0 Å². The highest BCUT2D eigenvalue weighted by Crippen LogP contribution is 2.44. The van der Waals surface area contributed by atoms with Gasteiger partial charge in [0.1, 0.15) is 23.3 Å². The Bertz CT molecular complexity index is 1210. The smallest absolute Gasteiger partial charge is 0.338 e. The number of aromatic hydroxyl groups is 1. The number of esters is 1. The first-order valence-corrected chi connectivity index (χ1v) is 10.7. The molecule has 1 aromatic carbocycles. The number of rotatable bonds is 5. The average Bonchev–Trinajstić information content (AvgIpc) is 3.58. The lowest BCUT2D eigenvalue weighted by Crippen LogP contribution is -2.34. The van der Waals surface area contributed by atoms with Crippen LogP contribution in [0.5, 0.6) is 5.75 Å². The summed E-state index contributed by atoms with van der Waals surface area (Å²) in [6, 6.07) is 12.7. The summed E-state index contributed by atoms with van der Waals surface area (Å²) in [5.41, 5.74) is 2.01. The normalized spacial score (nSPS) is 21.0. The highest BCUT2D eigenvalue weighted by molar-refractivity contribution is 6.08. The van der Waals surface area contributed by atoms with Gasteiger partial charge in [0.05, 0.1) is 23.8 Å². The summed E-state index contributed by atoms with van der Waals surface area (Å²) in [5.74, 6) is 0.121. The van der Waals surface area contributed by atoms with Crippen LogP contribution in [-0.4, -0.2) is 34.3 Å². The zero-order valence-electron chi connectivity index (χ0n) is 17.7. The molecule has 8 nitrogen and oxygen atoms in total. The first kappa shape index (κ1) is 20.8. The van der Waals surface area contributed by atoms with Crippen molar-refractivity contribution in [1.29, 1.82) is 0 Å². The Kier molecular flexibility index (Phi) is 5.56. The van der Waals surface area contributed by atoms with Gasteiger partial charge in [0.25, 0.3) is 5.91 Å². The predicted molar refractivity (Wildman–Crippen MR) is 118 cm³/mol. The largest absolute Gasteiger partial charge is 0.508 e. The molecule has 1 saturated carbocycles. The number of nitrogens with zero attached hydrogens (tertiary/aromatic N) is 2. The quantitative estimate of drug-likeness (QED) is 0.576. The number of carbonyl (C=O) groups is 2. The molecule has 1 aliphatic carbocycles. The molecule has 2 unspecified atom stereocenters. The molecule has 0 saturated heterocycles. The van der Waals surface area contributed by atoms with E-state index >= 15 is 0 Å². The van der Waals surface area contributed by atoms with Gasteiger partial charge in [-0.05, 0) is 73.4 Å². The lowest BCUT2D eigenvalue weighted by Gasteiger charge is -2.27. The fourth-order valence-electron chi connectivity index (χ4n) is 4.40. The van der Waals surface area contributed by atoms with E-state index in [-0.39, 0.29) is 17.2 Å². The van der Waals surface area contributed by atoms with Crippen LogP contribution in [0.25, 0.3) is 6.08 Å². The summed E-state index contributed by atoms with van der Waals surface area (Å²) in [6.45, 7) is -0.480. The first-order valence-electron chi connectivity index (χ1n) is 10.7. The van der Waals surface area contributed by atoms with Crippen LogP contribution in [0.4, 0.5) is 0 Å². The number of benzene rings is 1. The van der Waals surface area contributed by atoms with Gasteiger partial charge in [-0.15, -0.1) is 0 Å². The third kappa shape index (κ3) is 4.19. The van der Waals surface area contributed by atoms with E-state index in [1.54, 1.807) is 18.6 Å². The molecule has 1 N–H and O–H groups in total. The van der Waals surface area contributed by atoms with E-state index in [0.717, 1.165) is 36.3 Å². The number of amides is 1. The Balaban J connectivity index is 1.39. The van der Waals surface area contributed by atoms with Gasteiger partial charge in [0.2, 0.25) is 0 Å². The summed E-state index contributed by atoms with van der Waals surface area (Å²) in [6.07, 6.45) is 7.77. The summed E-state index contributed by atoms with van der Waals surface area (Å²) in [4.78, 5) is 25.5. The number of phenolic OH excluding ortho intramolecular Hbond substituents is 1. The standard InChI is InChI=1S/C25H22N2O6/c28-18-7-1-6-17(13-18)25(30)33-15-22(29)27-24(21-10-4-12-32-21)20-9-2-5-16(23(20)26-27)14-19-8-3-11-31-19/h1,3-4,6-8,10-14,20,24,28H,2,5,9,15H2/b16-14+. The Morgan fingerprint density at radius 1 is 1.15 bits per heavy atom. The first-order chi connectivity index (χ1) is 16.1. The van der Waals surface area contributed by atoms with Crippen molar-refractivity contribution in [3.8, 4) is 5.75 Å². The molecule has 5 rings (SSSR count). The number of furan rings is 2. The number of hydrazone groups is 1. The van der Waals surface area contributed by atoms with E-state index in [4.69, 9.17) is 13.6 Å². The van der Waals surface area contributed by atoms with Crippen molar-refractivity contribution in [3.05, 3.63) is 83.7 Å². The van der Waals surface area contributed by atoms with Crippen molar-refractivity contribution in [1.82, 2.24) is 5.01 Å². The van der Waals surface area contributed by atoms with Gasteiger partial charge in [0, 0.05) is 5.92 Å². The van der Waals surface area contributed by atoms with Crippen LogP contribution >= 0.6 is 0 Å². The highest BCUT2D eigenvalue weighted by Gasteiger charge is 2.45. The van der Waals surface area contributed by atoms with E-state index < -0.39 is 24.5 Å². The number of hydrogen-bond acceptors (Lipinski definition) is 7. The Hall–Kier alpha value is -4.07. The van der Waals surface area contributed by atoms with Crippen LogP contribution in [0.2, 0.25) is 0 Å². The van der Waals surface area contributed by atoms with Crippen molar-refractivity contribution < 1.29 is 28.3 Å². The van der Waals surface area contributed by atoms with Crippen molar-refractivity contribution in [3.63, 3.8) is 0 Å². The van der Waals surface area contributed by atoms with Crippen LogP contribution in [0.3, 0.4) is 0 Å². The fraction of sp³-hybridized carbons (Fsp3) is 0.240. The second-order valence-electron chi connectivity index (χ2n) is 7.99. The van der Waals surface area contributed by atoms with Crippen LogP contribution in [-0.2, 0) is 9.53 Å². The van der Waals surface area contributed by atoms with Gasteiger partial charge in [-0.1, -0.05) is 6.07 Å². The van der Waals surface area contributed by atoms with Gasteiger partial charge >= 0.3 is 5.97 Å². The number of allylic oxidation sites excluding steroid dienone is 1. The topological polar surface area (TPSA) is 105 Å². The fourth-order valence-corrected chi connectivity index (χ4v) is 4.40. The molecule has 3 aromatic rings. The number of phenols is 1. The third-order valence-corrected chi connectivity index (χ3v) is 5.86. The van der Waals surface area contributed by atoms with Gasteiger partial charge in [-0.3, -0.25) is 4.79 Å². The maximum atomic E-state index is 13.1. The molecule has 1 fully saturated rings. The van der Waals surface area contributed by atoms with Gasteiger partial charge in [-0.2, -0.15) is 5.10 Å². The molecule has 2 atom stereocenters. The highest BCUT2D eigenvalue weighted by atomic mass is 16.5. The maximum absolute atomic E-state index is 13.1. The monoisotopic (exact) mass is 446 g/mol. The molecular weight excluding hydrogens is 424 g/mol. The second kappa shape index (κ2) is 8.82. The minimum atomic E-state index is -0.698. The average molecular weight is 446 g/mol. The summed E-state index contributed by atoms with van der Waals surface area (Å²) in [5, 5.41) is 15.6. The summed E-state index contributed by atoms with van der Waals surface area (Å²) in [7, 11) is 0. The number of fused-ring (bicyclic) bond motifs is 1. The molecule has 0 radical (unpaired) electrons. The molecule has 1 amide bonds.